The number of halogens is 3. The van der Waals surface area contributed by atoms with Gasteiger partial charge in [-0.2, -0.15) is 0 Å². The van der Waals surface area contributed by atoms with E-state index in [1.54, 1.807) is 53.1 Å². The molecule has 0 aliphatic carbocycles. The van der Waals surface area contributed by atoms with Crippen molar-refractivity contribution in [1.29, 1.82) is 0 Å². The topological polar surface area (TPSA) is 59.4 Å². The van der Waals surface area contributed by atoms with Gasteiger partial charge in [0.25, 0.3) is 0 Å². The molecule has 3 heterocycles. The zero-order valence-electron chi connectivity index (χ0n) is 18.9. The summed E-state index contributed by atoms with van der Waals surface area (Å²) in [5.41, 5.74) is 2.22. The summed E-state index contributed by atoms with van der Waals surface area (Å²) in [6.45, 7) is 0.336. The van der Waals surface area contributed by atoms with Gasteiger partial charge in [-0.05, 0) is 59.7 Å². The Hall–Kier alpha value is -2.55. The molecule has 1 aromatic heterocycles. The number of aromatic nitrogens is 1. The van der Waals surface area contributed by atoms with Crippen LogP contribution in [0.15, 0.2) is 82.6 Å². The summed E-state index contributed by atoms with van der Waals surface area (Å²) in [6, 6.07) is 21.2. The minimum atomic E-state index is -0.679. The van der Waals surface area contributed by atoms with Gasteiger partial charge in [-0.15, -0.1) is 0 Å². The van der Waals surface area contributed by atoms with Crippen molar-refractivity contribution in [2.45, 2.75) is 22.7 Å². The van der Waals surface area contributed by atoms with Gasteiger partial charge in [-0.3, -0.25) is 19.0 Å². The van der Waals surface area contributed by atoms with Gasteiger partial charge in [-0.1, -0.05) is 82.2 Å². The fraction of sp³-hybridized carbons (Fsp3) is 0.148. The highest BCUT2D eigenvalue weighted by Gasteiger charge is 2.56. The summed E-state index contributed by atoms with van der Waals surface area (Å²) >= 11 is 20.7. The zero-order valence-corrected chi connectivity index (χ0v) is 22.8. The number of hydrogen-bond donors (Lipinski definition) is 0. The number of amides is 2. The number of hydrogen-bond acceptors (Lipinski definition) is 5. The van der Waals surface area contributed by atoms with Crippen LogP contribution in [-0.4, -0.2) is 21.6 Å². The van der Waals surface area contributed by atoms with Crippen LogP contribution in [0.25, 0.3) is 0 Å². The smallest absolute Gasteiger partial charge is 0.289 e. The minimum Gasteiger partial charge on any atom is -0.289 e. The first-order valence-electron chi connectivity index (χ1n) is 11.4. The molecule has 6 rings (SSSR count). The van der Waals surface area contributed by atoms with Gasteiger partial charge in [0.05, 0.1) is 23.2 Å². The van der Waals surface area contributed by atoms with Crippen LogP contribution in [0, 0.1) is 5.92 Å². The highest BCUT2D eigenvalue weighted by Crippen LogP contribution is 2.54. The molecule has 1 saturated heterocycles. The Morgan fingerprint density at radius 2 is 1.30 bits per heavy atom. The molecular weight excluding hydrogens is 571 g/mol. The first-order chi connectivity index (χ1) is 17.8. The highest BCUT2D eigenvalue weighted by molar-refractivity contribution is 8.00. The Morgan fingerprint density at radius 1 is 0.730 bits per heavy atom. The van der Waals surface area contributed by atoms with Crippen molar-refractivity contribution in [3.05, 3.63) is 114 Å². The Balaban J connectivity index is 1.48. The Labute approximate surface area is 235 Å². The molecule has 0 unspecified atom stereocenters. The summed E-state index contributed by atoms with van der Waals surface area (Å²) in [7, 11) is 0. The normalized spacial score (nSPS) is 20.7. The number of benzene rings is 3. The van der Waals surface area contributed by atoms with E-state index in [-0.39, 0.29) is 16.7 Å². The van der Waals surface area contributed by atoms with E-state index in [0.29, 0.717) is 32.3 Å². The summed E-state index contributed by atoms with van der Waals surface area (Å²) in [4.78, 5) is 42.7. The van der Waals surface area contributed by atoms with Gasteiger partial charge in [0, 0.05) is 25.9 Å². The molecule has 0 saturated carbocycles. The van der Waals surface area contributed by atoms with Crippen LogP contribution < -0.4 is 9.77 Å². The van der Waals surface area contributed by atoms with Crippen LogP contribution in [-0.2, 0) is 16.1 Å². The van der Waals surface area contributed by atoms with Crippen molar-refractivity contribution >= 4 is 75.4 Å². The number of carbonyl (C=O) groups excluding carboxylic acids is 2. The van der Waals surface area contributed by atoms with E-state index in [1.807, 2.05) is 24.3 Å². The van der Waals surface area contributed by atoms with Crippen LogP contribution >= 0.6 is 57.9 Å². The molecule has 1 fully saturated rings. The van der Waals surface area contributed by atoms with Gasteiger partial charge in [-0.25, -0.2) is 4.90 Å². The molecule has 3 aromatic carbocycles. The molecular formula is C27H17Cl3N2O3S2. The third-order valence-electron chi connectivity index (χ3n) is 6.62. The number of fused-ring (bicyclic) bond motifs is 2. The second-order valence-corrected chi connectivity index (χ2v) is 12.3. The number of rotatable bonds is 4. The van der Waals surface area contributed by atoms with Crippen molar-refractivity contribution in [3.63, 3.8) is 0 Å². The molecule has 37 heavy (non-hydrogen) atoms. The molecule has 4 aromatic rings. The summed E-state index contributed by atoms with van der Waals surface area (Å²) in [5, 5.41) is 1.73. The van der Waals surface area contributed by atoms with Gasteiger partial charge in [0.15, 0.2) is 0 Å². The lowest BCUT2D eigenvalue weighted by molar-refractivity contribution is -0.122. The average Bonchev–Trinajstić information content (AvgIpc) is 3.33. The van der Waals surface area contributed by atoms with E-state index in [1.165, 1.54) is 16.7 Å². The van der Waals surface area contributed by atoms with Gasteiger partial charge in [0.1, 0.15) is 5.25 Å². The van der Waals surface area contributed by atoms with E-state index in [9.17, 15) is 14.4 Å². The maximum atomic E-state index is 13.9. The lowest BCUT2D eigenvalue weighted by atomic mass is 9.83. The van der Waals surface area contributed by atoms with Crippen LogP contribution in [0.1, 0.15) is 21.9 Å². The largest absolute Gasteiger partial charge is 0.308 e. The number of thioether (sulfide) groups is 1. The molecule has 3 atom stereocenters. The van der Waals surface area contributed by atoms with E-state index < -0.39 is 17.1 Å². The van der Waals surface area contributed by atoms with E-state index >= 15 is 0 Å². The quantitative estimate of drug-likeness (QED) is 0.249. The molecule has 5 nitrogen and oxygen atoms in total. The Bertz CT molecular complexity index is 1580. The van der Waals surface area contributed by atoms with Gasteiger partial charge in [0.2, 0.25) is 11.8 Å². The van der Waals surface area contributed by atoms with Crippen molar-refractivity contribution < 1.29 is 9.59 Å². The number of carbonyl (C=O) groups is 2. The Morgan fingerprint density at radius 3 is 1.92 bits per heavy atom. The lowest BCUT2D eigenvalue weighted by Crippen LogP contribution is -2.32. The molecule has 10 heteroatoms. The number of imide groups is 1. The average molecular weight is 588 g/mol. The molecule has 0 bridgehead atoms. The maximum Gasteiger partial charge on any atom is 0.308 e. The number of thiazole rings is 1. The third-order valence-corrected chi connectivity index (χ3v) is 9.98. The van der Waals surface area contributed by atoms with Crippen molar-refractivity contribution in [1.82, 2.24) is 4.57 Å². The summed E-state index contributed by atoms with van der Waals surface area (Å²) in [5.74, 6) is -1.72. The second-order valence-electron chi connectivity index (χ2n) is 8.83. The molecule has 2 aliphatic rings. The highest BCUT2D eigenvalue weighted by atomic mass is 35.5. The van der Waals surface area contributed by atoms with E-state index in [2.05, 4.69) is 0 Å². The molecule has 0 spiro atoms. The van der Waals surface area contributed by atoms with Crippen molar-refractivity contribution in [3.8, 4) is 0 Å². The van der Waals surface area contributed by atoms with Crippen LogP contribution in [0.2, 0.25) is 15.1 Å². The standard InChI is InChI=1S/C27H17Cl3N2O3S2/c28-16-5-1-14(2-6-16)13-31-26-23(37-27(31)35)20(15-3-7-17(29)8-4-15)21-22(36-26)25(34)32(24(21)33)19-11-9-18(30)10-12-19/h1-12,20-22H,13H2/t20-,21-,22-/m1/s1. The van der Waals surface area contributed by atoms with Gasteiger partial charge >= 0.3 is 4.87 Å². The minimum absolute atomic E-state index is 0.138. The van der Waals surface area contributed by atoms with Gasteiger partial charge < -0.3 is 0 Å². The fourth-order valence-electron chi connectivity index (χ4n) is 4.90. The lowest BCUT2D eigenvalue weighted by Gasteiger charge is -2.30. The second kappa shape index (κ2) is 9.64. The molecule has 186 valence electrons. The van der Waals surface area contributed by atoms with Crippen LogP contribution in [0.5, 0.6) is 0 Å². The van der Waals surface area contributed by atoms with E-state index in [4.69, 9.17) is 34.8 Å². The van der Waals surface area contributed by atoms with Crippen LogP contribution in [0.3, 0.4) is 0 Å². The first kappa shape index (κ1) is 24.8. The molecule has 0 N–H and O–H groups in total. The molecule has 2 amide bonds. The third kappa shape index (κ3) is 4.33. The molecule has 2 aliphatic heterocycles. The summed E-state index contributed by atoms with van der Waals surface area (Å²) < 4.78 is 1.69. The van der Waals surface area contributed by atoms with Crippen molar-refractivity contribution in [2.75, 3.05) is 4.90 Å². The van der Waals surface area contributed by atoms with Crippen LogP contribution in [0.4, 0.5) is 5.69 Å². The number of nitrogens with zero attached hydrogens (tertiary/aromatic N) is 2. The monoisotopic (exact) mass is 586 g/mol. The predicted octanol–water partition coefficient (Wildman–Crippen LogP) is 6.71. The predicted molar refractivity (Wildman–Crippen MR) is 150 cm³/mol. The zero-order chi connectivity index (χ0) is 25.8. The molecule has 0 radical (unpaired) electrons. The maximum absolute atomic E-state index is 13.9. The number of anilines is 1. The van der Waals surface area contributed by atoms with Crippen molar-refractivity contribution in [2.24, 2.45) is 5.92 Å². The fourth-order valence-corrected chi connectivity index (χ4v) is 8.05. The van der Waals surface area contributed by atoms with E-state index in [0.717, 1.165) is 27.3 Å². The first-order valence-corrected chi connectivity index (χ1v) is 14.2. The summed E-state index contributed by atoms with van der Waals surface area (Å²) in [6.07, 6.45) is 0. The SMILES string of the molecule is O=C1[C@@H]2[C@@H](c3ccc(Cl)cc3)c3sc(=O)n(Cc4ccc(Cl)cc4)c3S[C@H]2C(=O)N1c1ccc(Cl)cc1. The Kier molecular flexibility index (Phi) is 6.45.